The minimum absolute atomic E-state index is 0.0463. The first kappa shape index (κ1) is 45.6. The number of hydrogen-bond donors (Lipinski definition) is 4. The number of rotatable bonds is 21. The van der Waals surface area contributed by atoms with Gasteiger partial charge >= 0.3 is 5.97 Å². The number of aliphatic carboxylic acids is 1. The van der Waals surface area contributed by atoms with Crippen LogP contribution < -0.4 is 10.6 Å². The lowest BCUT2D eigenvalue weighted by Crippen LogP contribution is -2.61. The van der Waals surface area contributed by atoms with Gasteiger partial charge in [-0.2, -0.15) is 0 Å². The van der Waals surface area contributed by atoms with E-state index >= 15 is 0 Å². The fraction of sp³-hybridized carbons (Fsp3) is 0.718. The third kappa shape index (κ3) is 12.2. The van der Waals surface area contributed by atoms with Crippen LogP contribution in [-0.2, 0) is 39.9 Å². The number of aliphatic hydroxyl groups is 1. The molecule has 4 amide bonds. The van der Waals surface area contributed by atoms with Crippen LogP contribution in [0.1, 0.15) is 72.8 Å². The molecule has 1 aromatic carbocycles. The number of benzene rings is 1. The topological polar surface area (TPSA) is 178 Å². The molecule has 14 heteroatoms. The molecule has 0 bridgehead atoms. The van der Waals surface area contributed by atoms with Gasteiger partial charge in [-0.05, 0) is 51.3 Å². The lowest BCUT2D eigenvalue weighted by Gasteiger charge is -2.41. The zero-order valence-electron chi connectivity index (χ0n) is 33.6. The first-order chi connectivity index (χ1) is 24.9. The van der Waals surface area contributed by atoms with Crippen LogP contribution in [0, 0.1) is 17.8 Å². The van der Waals surface area contributed by atoms with E-state index in [1.165, 1.54) is 26.0 Å². The van der Waals surface area contributed by atoms with Crippen LogP contribution in [-0.4, -0.2) is 145 Å². The molecule has 1 aliphatic rings. The molecular weight excluding hydrogens is 682 g/mol. The molecule has 0 radical (unpaired) electrons. The first-order valence-corrected chi connectivity index (χ1v) is 18.7. The van der Waals surface area contributed by atoms with Crippen LogP contribution in [0.4, 0.5) is 0 Å². The second-order valence-corrected chi connectivity index (χ2v) is 15.1. The zero-order chi connectivity index (χ0) is 40.2. The summed E-state index contributed by atoms with van der Waals surface area (Å²) >= 11 is 0. The number of methoxy groups -OCH3 is 2. The van der Waals surface area contributed by atoms with Gasteiger partial charge in [-0.1, -0.05) is 71.4 Å². The Balaban J connectivity index is 2.27. The van der Waals surface area contributed by atoms with Crippen molar-refractivity contribution in [1.82, 2.24) is 25.3 Å². The van der Waals surface area contributed by atoms with E-state index in [0.717, 1.165) is 5.56 Å². The van der Waals surface area contributed by atoms with Gasteiger partial charge in [0.2, 0.25) is 23.6 Å². The van der Waals surface area contributed by atoms with Crippen LogP contribution in [0.3, 0.4) is 0 Å². The van der Waals surface area contributed by atoms with Gasteiger partial charge in [-0.15, -0.1) is 0 Å². The number of carboxylic acids is 1. The molecule has 14 nitrogen and oxygen atoms in total. The smallest absolute Gasteiger partial charge is 0.326 e. The molecular formula is C39H65N5O9. The Labute approximate surface area is 315 Å². The van der Waals surface area contributed by atoms with E-state index in [4.69, 9.17) is 9.47 Å². The summed E-state index contributed by atoms with van der Waals surface area (Å²) in [4.78, 5) is 71.9. The highest BCUT2D eigenvalue weighted by atomic mass is 16.5. The van der Waals surface area contributed by atoms with Gasteiger partial charge in [-0.3, -0.25) is 24.1 Å². The maximum atomic E-state index is 14.1. The molecule has 0 spiro atoms. The van der Waals surface area contributed by atoms with Crippen molar-refractivity contribution in [2.24, 2.45) is 17.8 Å². The second-order valence-electron chi connectivity index (χ2n) is 15.1. The van der Waals surface area contributed by atoms with Crippen molar-refractivity contribution < 1.29 is 43.7 Å². The Morgan fingerprint density at radius 2 is 1.57 bits per heavy atom. The molecule has 0 aliphatic carbocycles. The molecule has 53 heavy (non-hydrogen) atoms. The third-order valence-corrected chi connectivity index (χ3v) is 10.7. The van der Waals surface area contributed by atoms with E-state index in [1.54, 1.807) is 50.0 Å². The summed E-state index contributed by atoms with van der Waals surface area (Å²) in [5, 5.41) is 26.0. The Bertz CT molecular complexity index is 1340. The quantitative estimate of drug-likeness (QED) is 0.146. The van der Waals surface area contributed by atoms with Crippen LogP contribution in [0.2, 0.25) is 0 Å². The minimum Gasteiger partial charge on any atom is -0.480 e. The summed E-state index contributed by atoms with van der Waals surface area (Å²) in [5.41, 5.74) is 0.773. The third-order valence-electron chi connectivity index (χ3n) is 10.7. The van der Waals surface area contributed by atoms with Gasteiger partial charge in [-0.25, -0.2) is 4.79 Å². The Morgan fingerprint density at radius 3 is 2.06 bits per heavy atom. The van der Waals surface area contributed by atoms with E-state index < -0.39 is 72.2 Å². The average Bonchev–Trinajstić information content (AvgIpc) is 3.59. The molecule has 10 atom stereocenters. The number of amides is 4. The van der Waals surface area contributed by atoms with Crippen LogP contribution >= 0.6 is 0 Å². The fourth-order valence-corrected chi connectivity index (χ4v) is 7.64. The standard InChI is InChI=1S/C39H65N5O9/c1-12-24(4)34(43(9)38(49)32(26(6)45)41-37(48)33(23(2)3)42(7)8)30(52-10)22-31(46)44-20-16-19-29(44)35(53-11)25(5)36(47)40-28(39(50)51)21-27-17-14-13-15-18-27/h13-15,17-18,23-26,28-30,32-35,45H,12,16,19-22H2,1-11H3,(H,40,47)(H,41,48)(H,50,51)/t24-,25+,26+,28?,29?,30+,32-,33?,34-,35+/m0/s1. The number of carbonyl (C=O) groups excluding carboxylic acids is 4. The number of likely N-dealkylation sites (tertiary alicyclic amines) is 1. The molecule has 1 aliphatic heterocycles. The fourth-order valence-electron chi connectivity index (χ4n) is 7.64. The van der Waals surface area contributed by atoms with E-state index in [0.29, 0.717) is 25.8 Å². The first-order valence-electron chi connectivity index (χ1n) is 18.7. The number of carboxylic acid groups (broad SMARTS) is 1. The van der Waals surface area contributed by atoms with Crippen LogP contribution in [0.5, 0.6) is 0 Å². The number of nitrogens with one attached hydrogen (secondary N) is 2. The molecule has 300 valence electrons. The van der Waals surface area contributed by atoms with Crippen molar-refractivity contribution in [2.45, 2.75) is 122 Å². The molecule has 2 rings (SSSR count). The zero-order valence-corrected chi connectivity index (χ0v) is 33.6. The summed E-state index contributed by atoms with van der Waals surface area (Å²) < 4.78 is 11.8. The monoisotopic (exact) mass is 747 g/mol. The number of likely N-dealkylation sites (N-methyl/N-ethyl adjacent to an activating group) is 2. The lowest BCUT2D eigenvalue weighted by molar-refractivity contribution is -0.149. The summed E-state index contributed by atoms with van der Waals surface area (Å²) in [7, 11) is 8.14. The number of nitrogens with zero attached hydrogens (tertiary/aromatic N) is 3. The normalized spacial score (nSPS) is 19.7. The number of hydrogen-bond acceptors (Lipinski definition) is 9. The molecule has 1 fully saturated rings. The van der Waals surface area contributed by atoms with Crippen molar-refractivity contribution in [3.63, 3.8) is 0 Å². The van der Waals surface area contributed by atoms with Gasteiger partial charge in [0.15, 0.2) is 0 Å². The van der Waals surface area contributed by atoms with Gasteiger partial charge in [0.05, 0.1) is 48.8 Å². The van der Waals surface area contributed by atoms with Gasteiger partial charge in [0, 0.05) is 34.2 Å². The average molecular weight is 748 g/mol. The van der Waals surface area contributed by atoms with Crippen LogP contribution in [0.25, 0.3) is 0 Å². The highest BCUT2D eigenvalue weighted by Gasteiger charge is 2.43. The maximum absolute atomic E-state index is 14.1. The molecule has 1 aromatic rings. The Hall–Kier alpha value is -3.59. The molecule has 3 unspecified atom stereocenters. The number of ether oxygens (including phenoxy) is 2. The van der Waals surface area contributed by atoms with Crippen molar-refractivity contribution in [2.75, 3.05) is 41.9 Å². The summed E-state index contributed by atoms with van der Waals surface area (Å²) in [6, 6.07) is 5.13. The van der Waals surface area contributed by atoms with E-state index in [9.17, 15) is 34.2 Å². The molecule has 0 aromatic heterocycles. The van der Waals surface area contributed by atoms with Crippen molar-refractivity contribution in [3.8, 4) is 0 Å². The van der Waals surface area contributed by atoms with E-state index in [2.05, 4.69) is 10.6 Å². The predicted molar refractivity (Wildman–Crippen MR) is 202 cm³/mol. The molecule has 1 heterocycles. The summed E-state index contributed by atoms with van der Waals surface area (Å²) in [6.45, 7) is 11.3. The second kappa shape index (κ2) is 21.3. The maximum Gasteiger partial charge on any atom is 0.326 e. The Kier molecular flexibility index (Phi) is 18.3. The molecule has 1 saturated heterocycles. The number of aliphatic hydroxyl groups excluding tert-OH is 1. The highest BCUT2D eigenvalue weighted by molar-refractivity contribution is 5.90. The van der Waals surface area contributed by atoms with Gasteiger partial charge in [0.1, 0.15) is 12.1 Å². The Morgan fingerprint density at radius 1 is 0.943 bits per heavy atom. The van der Waals surface area contributed by atoms with Crippen LogP contribution in [0.15, 0.2) is 30.3 Å². The van der Waals surface area contributed by atoms with Crippen molar-refractivity contribution in [1.29, 1.82) is 0 Å². The highest BCUT2D eigenvalue weighted by Crippen LogP contribution is 2.29. The van der Waals surface area contributed by atoms with E-state index in [-0.39, 0.29) is 36.5 Å². The van der Waals surface area contributed by atoms with Gasteiger partial charge < -0.3 is 40.1 Å². The molecule has 4 N–H and O–H groups in total. The van der Waals surface area contributed by atoms with Crippen molar-refractivity contribution >= 4 is 29.6 Å². The molecule has 0 saturated carbocycles. The van der Waals surface area contributed by atoms with Crippen molar-refractivity contribution in [3.05, 3.63) is 35.9 Å². The summed E-state index contributed by atoms with van der Waals surface area (Å²) in [5.74, 6) is -3.70. The summed E-state index contributed by atoms with van der Waals surface area (Å²) in [6.07, 6.45) is -0.675. The number of carbonyl (C=O) groups is 5. The largest absolute Gasteiger partial charge is 0.480 e. The van der Waals surface area contributed by atoms with Gasteiger partial charge in [0.25, 0.3) is 0 Å². The lowest BCUT2D eigenvalue weighted by atomic mass is 9.89. The predicted octanol–water partition coefficient (Wildman–Crippen LogP) is 2.17. The SMILES string of the molecule is CC[C@H](C)[C@@H]([C@@H](CC(=O)N1CCCC1[C@H](OC)[C@@H](C)C(=O)NC(Cc1ccccc1)C(=O)O)OC)N(C)C(=O)[C@@H](NC(=O)C(C(C)C)N(C)C)[C@@H](C)O. The minimum atomic E-state index is -1.22. The van der Waals surface area contributed by atoms with E-state index in [1.807, 2.05) is 45.9 Å².